The summed E-state index contributed by atoms with van der Waals surface area (Å²) >= 11 is 0. The lowest BCUT2D eigenvalue weighted by Crippen LogP contribution is -2.05. The molecule has 0 unspecified atom stereocenters. The fraction of sp³-hybridized carbons (Fsp3) is 0.235. The molecule has 1 heteroatoms. The summed E-state index contributed by atoms with van der Waals surface area (Å²) in [4.78, 5) is 0. The first-order valence-electron chi connectivity index (χ1n) is 6.20. The summed E-state index contributed by atoms with van der Waals surface area (Å²) in [6.45, 7) is 8.18. The second-order valence-corrected chi connectivity index (χ2v) is 4.99. The predicted octanol–water partition coefficient (Wildman–Crippen LogP) is 4.22. The molecule has 0 aliphatic rings. The molecular weight excluding hydrogens is 220 g/mol. The van der Waals surface area contributed by atoms with Crippen LogP contribution < -0.4 is 0 Å². The minimum Gasteiger partial charge on any atom is -0.377 e. The fourth-order valence-corrected chi connectivity index (χ4v) is 2.30. The van der Waals surface area contributed by atoms with Gasteiger partial charge >= 0.3 is 0 Å². The molecule has 2 aromatic rings. The number of aliphatic hydroxyl groups is 1. The molecule has 0 spiro atoms. The molecule has 2 aromatic carbocycles. The molecule has 0 saturated heterocycles. The molecule has 0 aliphatic heterocycles. The fourth-order valence-electron chi connectivity index (χ4n) is 2.30. The molecule has 93 valence electrons. The third-order valence-electron chi connectivity index (χ3n) is 3.27. The lowest BCUT2D eigenvalue weighted by Gasteiger charge is -2.16. The van der Waals surface area contributed by atoms with Gasteiger partial charge < -0.3 is 5.11 Å². The molecule has 0 heterocycles. The van der Waals surface area contributed by atoms with Gasteiger partial charge in [0.15, 0.2) is 6.10 Å². The highest BCUT2D eigenvalue weighted by molar-refractivity contribution is 5.49. The molecule has 0 fully saturated rings. The highest BCUT2D eigenvalue weighted by atomic mass is 16.3. The smallest absolute Gasteiger partial charge is 0.152 e. The lowest BCUT2D eigenvalue weighted by atomic mass is 9.93. The summed E-state index contributed by atoms with van der Waals surface area (Å²) in [6.07, 6.45) is 0.366. The number of rotatable bonds is 2. The van der Waals surface area contributed by atoms with Crippen LogP contribution in [-0.2, 0) is 0 Å². The average molecular weight is 239 g/mol. The Labute approximate surface area is 109 Å². The predicted molar refractivity (Wildman–Crippen MR) is 75.2 cm³/mol. The van der Waals surface area contributed by atoms with Crippen LogP contribution in [0.25, 0.3) is 0 Å². The minimum atomic E-state index is 0.366. The Bertz CT molecular complexity index is 518. The zero-order chi connectivity index (χ0) is 13.3. The van der Waals surface area contributed by atoms with Crippen LogP contribution in [-0.4, -0.2) is 5.11 Å². The van der Waals surface area contributed by atoms with Gasteiger partial charge in [0, 0.05) is 0 Å². The lowest BCUT2D eigenvalue weighted by molar-refractivity contribution is 0.355. The maximum Gasteiger partial charge on any atom is 0.152 e. The average Bonchev–Trinajstić information content (AvgIpc) is 2.28. The molecule has 1 nitrogen and oxygen atoms in total. The number of aliphatic hydroxyl groups excluding tert-OH is 1. The van der Waals surface area contributed by atoms with Crippen LogP contribution in [0.5, 0.6) is 0 Å². The van der Waals surface area contributed by atoms with E-state index in [1.165, 1.54) is 11.1 Å². The first kappa shape index (κ1) is 12.8. The van der Waals surface area contributed by atoms with Gasteiger partial charge in [-0.2, -0.15) is 0 Å². The van der Waals surface area contributed by atoms with Crippen molar-refractivity contribution in [1.82, 2.24) is 0 Å². The third-order valence-corrected chi connectivity index (χ3v) is 3.27. The second kappa shape index (κ2) is 4.95. The first-order valence-corrected chi connectivity index (χ1v) is 6.20. The van der Waals surface area contributed by atoms with Crippen LogP contribution in [0.3, 0.4) is 0 Å². The highest BCUT2D eigenvalue weighted by Gasteiger charge is 2.16. The van der Waals surface area contributed by atoms with Crippen molar-refractivity contribution in [3.8, 4) is 0 Å². The van der Waals surface area contributed by atoms with Gasteiger partial charge in [0.05, 0.1) is 0 Å². The van der Waals surface area contributed by atoms with Crippen LogP contribution in [0.2, 0.25) is 0 Å². The van der Waals surface area contributed by atoms with E-state index in [0.717, 1.165) is 22.3 Å². The molecule has 0 bridgehead atoms. The Balaban J connectivity index is 2.44. The zero-order valence-corrected chi connectivity index (χ0v) is 11.4. The van der Waals surface area contributed by atoms with E-state index in [9.17, 15) is 5.11 Å². The van der Waals surface area contributed by atoms with Crippen LogP contribution >= 0.6 is 0 Å². The van der Waals surface area contributed by atoms with E-state index in [0.29, 0.717) is 6.10 Å². The van der Waals surface area contributed by atoms with E-state index in [4.69, 9.17) is 0 Å². The van der Waals surface area contributed by atoms with Gasteiger partial charge in [-0.25, -0.2) is 0 Å². The first-order chi connectivity index (χ1) is 8.49. The van der Waals surface area contributed by atoms with Crippen molar-refractivity contribution in [3.05, 3.63) is 75.9 Å². The van der Waals surface area contributed by atoms with Gasteiger partial charge in [-0.05, 0) is 49.9 Å². The molecule has 0 amide bonds. The SMILES string of the molecule is Cc1ccc([C](O)c2ccc(C)cc2C)c(C)c1. The van der Waals surface area contributed by atoms with Crippen molar-refractivity contribution in [2.45, 2.75) is 27.7 Å². The summed E-state index contributed by atoms with van der Waals surface area (Å²) in [7, 11) is 0. The summed E-state index contributed by atoms with van der Waals surface area (Å²) < 4.78 is 0. The Morgan fingerprint density at radius 1 is 0.722 bits per heavy atom. The standard InChI is InChI=1S/C17H19O/c1-11-5-7-15(13(3)9-11)17(18)16-8-6-12(2)10-14(16)4/h5-10,18H,1-4H3. The van der Waals surface area contributed by atoms with Gasteiger partial charge in [-0.1, -0.05) is 47.5 Å². The summed E-state index contributed by atoms with van der Waals surface area (Å²) in [5.74, 6) is 0. The normalized spacial score (nSPS) is 11.0. The van der Waals surface area contributed by atoms with Crippen LogP contribution in [0.15, 0.2) is 36.4 Å². The molecule has 1 N–H and O–H groups in total. The zero-order valence-electron chi connectivity index (χ0n) is 11.4. The van der Waals surface area contributed by atoms with Crippen molar-refractivity contribution < 1.29 is 5.11 Å². The van der Waals surface area contributed by atoms with Crippen molar-refractivity contribution in [1.29, 1.82) is 0 Å². The number of aryl methyl sites for hydroxylation is 4. The van der Waals surface area contributed by atoms with Crippen molar-refractivity contribution in [2.75, 3.05) is 0 Å². The van der Waals surface area contributed by atoms with E-state index >= 15 is 0 Å². The summed E-state index contributed by atoms with van der Waals surface area (Å²) in [6, 6.07) is 12.2. The van der Waals surface area contributed by atoms with Gasteiger partial charge in [0.25, 0.3) is 0 Å². The summed E-state index contributed by atoms with van der Waals surface area (Å²) in [5, 5.41) is 10.5. The molecule has 0 aromatic heterocycles. The van der Waals surface area contributed by atoms with Gasteiger partial charge in [0.2, 0.25) is 0 Å². The number of hydrogen-bond acceptors (Lipinski definition) is 1. The number of benzene rings is 2. The largest absolute Gasteiger partial charge is 0.377 e. The van der Waals surface area contributed by atoms with Gasteiger partial charge in [0.1, 0.15) is 0 Å². The van der Waals surface area contributed by atoms with E-state index in [1.807, 2.05) is 38.1 Å². The maximum atomic E-state index is 10.5. The van der Waals surface area contributed by atoms with Crippen LogP contribution in [0.4, 0.5) is 0 Å². The van der Waals surface area contributed by atoms with E-state index in [1.54, 1.807) is 0 Å². The third kappa shape index (κ3) is 2.46. The topological polar surface area (TPSA) is 20.2 Å². The van der Waals surface area contributed by atoms with Gasteiger partial charge in [-0.3, -0.25) is 0 Å². The van der Waals surface area contributed by atoms with Gasteiger partial charge in [-0.15, -0.1) is 0 Å². The molecule has 0 aliphatic carbocycles. The second-order valence-electron chi connectivity index (χ2n) is 4.99. The monoisotopic (exact) mass is 239 g/mol. The molecule has 0 saturated carbocycles. The number of hydrogen-bond donors (Lipinski definition) is 1. The van der Waals surface area contributed by atoms with Crippen LogP contribution in [0, 0.1) is 33.8 Å². The maximum absolute atomic E-state index is 10.5. The quantitative estimate of drug-likeness (QED) is 0.831. The van der Waals surface area contributed by atoms with E-state index in [-0.39, 0.29) is 0 Å². The van der Waals surface area contributed by atoms with Crippen molar-refractivity contribution >= 4 is 0 Å². The Morgan fingerprint density at radius 2 is 1.11 bits per heavy atom. The Kier molecular flexibility index (Phi) is 3.53. The molecule has 1 radical (unpaired) electrons. The highest BCUT2D eigenvalue weighted by Crippen LogP contribution is 2.27. The molecule has 2 rings (SSSR count). The Morgan fingerprint density at radius 3 is 1.44 bits per heavy atom. The Hall–Kier alpha value is -1.60. The van der Waals surface area contributed by atoms with Crippen LogP contribution in [0.1, 0.15) is 33.4 Å². The van der Waals surface area contributed by atoms with E-state index in [2.05, 4.69) is 26.0 Å². The summed E-state index contributed by atoms with van der Waals surface area (Å²) in [5.41, 5.74) is 6.45. The molecule has 18 heavy (non-hydrogen) atoms. The minimum absolute atomic E-state index is 0.366. The molecule has 0 atom stereocenters. The molecular formula is C17H19O. The van der Waals surface area contributed by atoms with Crippen molar-refractivity contribution in [2.24, 2.45) is 0 Å². The van der Waals surface area contributed by atoms with E-state index < -0.39 is 0 Å². The van der Waals surface area contributed by atoms with Crippen molar-refractivity contribution in [3.63, 3.8) is 0 Å².